The van der Waals surface area contributed by atoms with Gasteiger partial charge in [0.05, 0.1) is 12.2 Å². The van der Waals surface area contributed by atoms with Crippen molar-refractivity contribution in [3.8, 4) is 0 Å². The highest BCUT2D eigenvalue weighted by Gasteiger charge is 2.14. The summed E-state index contributed by atoms with van der Waals surface area (Å²) >= 11 is 0. The van der Waals surface area contributed by atoms with Crippen molar-refractivity contribution < 1.29 is 9.84 Å². The molecule has 0 spiro atoms. The first-order valence-electron chi connectivity index (χ1n) is 7.68. The first kappa shape index (κ1) is 14.5. The third-order valence-corrected chi connectivity index (χ3v) is 3.93. The molecular formula is C17H26O2. The van der Waals surface area contributed by atoms with Crippen LogP contribution in [0.5, 0.6) is 0 Å². The van der Waals surface area contributed by atoms with Gasteiger partial charge in [0.1, 0.15) is 0 Å². The van der Waals surface area contributed by atoms with E-state index in [-0.39, 0.29) is 6.10 Å². The summed E-state index contributed by atoms with van der Waals surface area (Å²) in [5.41, 5.74) is 2.38. The molecule has 2 unspecified atom stereocenters. The molecule has 0 bridgehead atoms. The monoisotopic (exact) mass is 262 g/mol. The van der Waals surface area contributed by atoms with E-state index in [4.69, 9.17) is 4.74 Å². The van der Waals surface area contributed by atoms with Crippen molar-refractivity contribution in [1.82, 2.24) is 0 Å². The Morgan fingerprint density at radius 1 is 1.37 bits per heavy atom. The van der Waals surface area contributed by atoms with Crippen LogP contribution in [0.1, 0.15) is 62.7 Å². The molecule has 0 aromatic heterocycles. The smallest absolute Gasteiger partial charge is 0.0790 e. The van der Waals surface area contributed by atoms with Gasteiger partial charge in [0.15, 0.2) is 0 Å². The number of ether oxygens (including phenoxy) is 1. The Hall–Kier alpha value is -0.860. The van der Waals surface area contributed by atoms with E-state index in [0.29, 0.717) is 6.10 Å². The summed E-state index contributed by atoms with van der Waals surface area (Å²) in [5.74, 6) is 0. The second-order valence-corrected chi connectivity index (χ2v) is 5.58. The number of rotatable bonds is 6. The van der Waals surface area contributed by atoms with Gasteiger partial charge in [-0.15, -0.1) is 0 Å². The zero-order valence-electron chi connectivity index (χ0n) is 12.0. The molecule has 1 aromatic carbocycles. The lowest BCUT2D eigenvalue weighted by molar-refractivity contribution is 0.0115. The van der Waals surface area contributed by atoms with E-state index in [1.165, 1.54) is 24.8 Å². The molecular weight excluding hydrogens is 236 g/mol. The van der Waals surface area contributed by atoms with Crippen LogP contribution in [-0.4, -0.2) is 17.8 Å². The second kappa shape index (κ2) is 7.66. The highest BCUT2D eigenvalue weighted by atomic mass is 16.5. The van der Waals surface area contributed by atoms with Crippen LogP contribution in [0.3, 0.4) is 0 Å². The molecule has 1 saturated heterocycles. The van der Waals surface area contributed by atoms with Crippen LogP contribution in [0.2, 0.25) is 0 Å². The number of aryl methyl sites for hydroxylation is 1. The Bertz CT molecular complexity index is 369. The van der Waals surface area contributed by atoms with E-state index in [2.05, 4.69) is 25.1 Å². The Labute approximate surface area is 116 Å². The van der Waals surface area contributed by atoms with Crippen LogP contribution in [-0.2, 0) is 11.2 Å². The molecule has 2 nitrogen and oxygen atoms in total. The van der Waals surface area contributed by atoms with Crippen molar-refractivity contribution in [3.63, 3.8) is 0 Å². The van der Waals surface area contributed by atoms with Crippen molar-refractivity contribution in [3.05, 3.63) is 35.4 Å². The quantitative estimate of drug-likeness (QED) is 0.839. The molecule has 1 aromatic rings. The average molecular weight is 262 g/mol. The lowest BCUT2D eigenvalue weighted by atomic mass is 9.98. The summed E-state index contributed by atoms with van der Waals surface area (Å²) in [4.78, 5) is 0. The fourth-order valence-corrected chi connectivity index (χ4v) is 2.76. The second-order valence-electron chi connectivity index (χ2n) is 5.58. The highest BCUT2D eigenvalue weighted by Crippen LogP contribution is 2.22. The summed E-state index contributed by atoms with van der Waals surface area (Å²) in [6.45, 7) is 3.04. The molecule has 0 aliphatic carbocycles. The minimum atomic E-state index is -0.309. The van der Waals surface area contributed by atoms with Crippen molar-refractivity contribution >= 4 is 0 Å². The van der Waals surface area contributed by atoms with Gasteiger partial charge < -0.3 is 9.84 Å². The maximum Gasteiger partial charge on any atom is 0.0790 e. The third kappa shape index (κ3) is 4.63. The summed E-state index contributed by atoms with van der Waals surface area (Å²) in [6, 6.07) is 8.40. The molecule has 0 saturated carbocycles. The van der Waals surface area contributed by atoms with Crippen LogP contribution in [0.4, 0.5) is 0 Å². The largest absolute Gasteiger partial charge is 0.388 e. The van der Waals surface area contributed by atoms with Gasteiger partial charge in [-0.05, 0) is 49.7 Å². The first-order valence-corrected chi connectivity index (χ1v) is 7.68. The minimum absolute atomic E-state index is 0.309. The van der Waals surface area contributed by atoms with Crippen molar-refractivity contribution in [2.45, 2.75) is 64.1 Å². The van der Waals surface area contributed by atoms with Crippen molar-refractivity contribution in [2.24, 2.45) is 0 Å². The predicted molar refractivity (Wildman–Crippen MR) is 78.2 cm³/mol. The number of hydrogen-bond acceptors (Lipinski definition) is 2. The molecule has 1 aliphatic rings. The van der Waals surface area contributed by atoms with Gasteiger partial charge in [0, 0.05) is 6.61 Å². The summed E-state index contributed by atoms with van der Waals surface area (Å²) in [7, 11) is 0. The van der Waals surface area contributed by atoms with Gasteiger partial charge >= 0.3 is 0 Å². The van der Waals surface area contributed by atoms with Crippen LogP contribution in [0.15, 0.2) is 24.3 Å². The van der Waals surface area contributed by atoms with Gasteiger partial charge in [0.2, 0.25) is 0 Å². The summed E-state index contributed by atoms with van der Waals surface area (Å²) in [5, 5.41) is 10.0. The molecule has 1 heterocycles. The number of aliphatic hydroxyl groups excluding tert-OH is 1. The number of benzene rings is 1. The van der Waals surface area contributed by atoms with Gasteiger partial charge in [-0.25, -0.2) is 0 Å². The molecule has 0 radical (unpaired) electrons. The van der Waals surface area contributed by atoms with Crippen LogP contribution >= 0.6 is 0 Å². The van der Waals surface area contributed by atoms with Crippen LogP contribution < -0.4 is 0 Å². The molecule has 1 fully saturated rings. The zero-order valence-corrected chi connectivity index (χ0v) is 12.0. The van der Waals surface area contributed by atoms with Crippen molar-refractivity contribution in [2.75, 3.05) is 6.61 Å². The molecule has 106 valence electrons. The van der Waals surface area contributed by atoms with Gasteiger partial charge in [-0.2, -0.15) is 0 Å². The third-order valence-electron chi connectivity index (χ3n) is 3.93. The van der Waals surface area contributed by atoms with Gasteiger partial charge in [-0.1, -0.05) is 37.6 Å². The predicted octanol–water partition coefficient (Wildman–Crippen LogP) is 4.02. The normalized spacial score (nSPS) is 21.3. The summed E-state index contributed by atoms with van der Waals surface area (Å²) in [6.07, 6.45) is 7.88. The van der Waals surface area contributed by atoms with E-state index in [0.717, 1.165) is 37.9 Å². The maximum absolute atomic E-state index is 10.0. The lowest BCUT2D eigenvalue weighted by Crippen LogP contribution is -2.19. The van der Waals surface area contributed by atoms with Crippen molar-refractivity contribution in [1.29, 1.82) is 0 Å². The van der Waals surface area contributed by atoms with Crippen LogP contribution in [0, 0.1) is 0 Å². The fraction of sp³-hybridized carbons (Fsp3) is 0.647. The average Bonchev–Trinajstić information content (AvgIpc) is 2.47. The maximum atomic E-state index is 10.0. The Morgan fingerprint density at radius 3 is 3.00 bits per heavy atom. The van der Waals surface area contributed by atoms with E-state index in [1.807, 2.05) is 6.07 Å². The Morgan fingerprint density at radius 2 is 2.26 bits per heavy atom. The molecule has 2 rings (SSSR count). The summed E-state index contributed by atoms with van der Waals surface area (Å²) < 4.78 is 5.77. The fourth-order valence-electron chi connectivity index (χ4n) is 2.76. The SMILES string of the molecule is CCCC(O)c1cccc(CCC2CCCCO2)c1. The molecule has 1 N–H and O–H groups in total. The number of aliphatic hydroxyl groups is 1. The van der Waals surface area contributed by atoms with E-state index in [1.54, 1.807) is 0 Å². The van der Waals surface area contributed by atoms with Crippen LogP contribution in [0.25, 0.3) is 0 Å². The molecule has 19 heavy (non-hydrogen) atoms. The molecule has 1 aliphatic heterocycles. The van der Waals surface area contributed by atoms with E-state index in [9.17, 15) is 5.11 Å². The zero-order chi connectivity index (χ0) is 13.5. The number of hydrogen-bond donors (Lipinski definition) is 1. The molecule has 2 atom stereocenters. The molecule has 2 heteroatoms. The van der Waals surface area contributed by atoms with E-state index < -0.39 is 0 Å². The minimum Gasteiger partial charge on any atom is -0.388 e. The van der Waals surface area contributed by atoms with Gasteiger partial charge in [0.25, 0.3) is 0 Å². The highest BCUT2D eigenvalue weighted by molar-refractivity contribution is 5.25. The topological polar surface area (TPSA) is 29.5 Å². The first-order chi connectivity index (χ1) is 9.29. The Kier molecular flexibility index (Phi) is 5.87. The molecule has 0 amide bonds. The standard InChI is InChI=1S/C17H26O2/c1-2-6-17(18)15-8-5-7-14(13-15)10-11-16-9-3-4-12-19-16/h5,7-8,13,16-18H,2-4,6,9-12H2,1H3. The van der Waals surface area contributed by atoms with Gasteiger partial charge in [-0.3, -0.25) is 0 Å². The Balaban J connectivity index is 1.87. The van der Waals surface area contributed by atoms with E-state index >= 15 is 0 Å². The lowest BCUT2D eigenvalue weighted by Gasteiger charge is -2.22.